The molecule has 1 aromatic carbocycles. The van der Waals surface area contributed by atoms with Crippen LogP contribution in [0.3, 0.4) is 0 Å². The molecule has 1 atom stereocenters. The fraction of sp³-hybridized carbons (Fsp3) is 0.353. The highest BCUT2D eigenvalue weighted by Gasteiger charge is 2.34. The number of aromatic nitrogens is 2. The molecule has 1 aromatic heterocycles. The molecule has 0 aliphatic carbocycles. The van der Waals surface area contributed by atoms with E-state index >= 15 is 0 Å². The highest BCUT2D eigenvalue weighted by atomic mass is 16.2. The maximum Gasteiger partial charge on any atom is 0.227 e. The van der Waals surface area contributed by atoms with Crippen LogP contribution in [0.1, 0.15) is 17.7 Å². The van der Waals surface area contributed by atoms with E-state index in [1.54, 1.807) is 11.2 Å². The van der Waals surface area contributed by atoms with Gasteiger partial charge in [-0.05, 0) is 19.1 Å². The molecule has 120 valence electrons. The van der Waals surface area contributed by atoms with Crippen LogP contribution in [-0.4, -0.2) is 34.9 Å². The number of amides is 2. The van der Waals surface area contributed by atoms with Gasteiger partial charge in [0.2, 0.25) is 11.8 Å². The van der Waals surface area contributed by atoms with Gasteiger partial charge in [-0.15, -0.1) is 0 Å². The Morgan fingerprint density at radius 2 is 2.17 bits per heavy atom. The molecule has 0 spiro atoms. The molecule has 0 saturated carbocycles. The summed E-state index contributed by atoms with van der Waals surface area (Å²) in [6.07, 6.45) is 4.37. The van der Waals surface area contributed by atoms with Gasteiger partial charge in [0.15, 0.2) is 0 Å². The standard InChI is InChI=1S/C17H20N4O2/c1-12-2-4-15(5-3-12)21-10-13(8-16(21)22)17(23)19-7-6-14-9-18-11-20-14/h2-5,9,11,13H,6-8,10H2,1H3,(H,18,20)(H,19,23). The number of carbonyl (C=O) groups excluding carboxylic acids is 2. The molecule has 2 amide bonds. The Bertz CT molecular complexity index is 679. The summed E-state index contributed by atoms with van der Waals surface area (Å²) in [5, 5.41) is 2.89. The Hall–Kier alpha value is -2.63. The van der Waals surface area contributed by atoms with Crippen LogP contribution in [0, 0.1) is 12.8 Å². The minimum Gasteiger partial charge on any atom is -0.355 e. The van der Waals surface area contributed by atoms with E-state index < -0.39 is 0 Å². The van der Waals surface area contributed by atoms with Crippen LogP contribution in [0.2, 0.25) is 0 Å². The molecule has 0 radical (unpaired) electrons. The first-order chi connectivity index (χ1) is 11.1. The summed E-state index contributed by atoms with van der Waals surface area (Å²) in [7, 11) is 0. The molecule has 2 aromatic rings. The lowest BCUT2D eigenvalue weighted by molar-refractivity contribution is -0.126. The van der Waals surface area contributed by atoms with Crippen molar-refractivity contribution in [3.05, 3.63) is 48.0 Å². The van der Waals surface area contributed by atoms with Gasteiger partial charge in [0, 0.05) is 37.8 Å². The van der Waals surface area contributed by atoms with Crippen LogP contribution in [0.25, 0.3) is 0 Å². The maximum atomic E-state index is 12.2. The van der Waals surface area contributed by atoms with E-state index in [1.165, 1.54) is 0 Å². The van der Waals surface area contributed by atoms with Gasteiger partial charge in [0.05, 0.1) is 17.9 Å². The largest absolute Gasteiger partial charge is 0.355 e. The zero-order valence-corrected chi connectivity index (χ0v) is 13.1. The normalized spacial score (nSPS) is 17.5. The van der Waals surface area contributed by atoms with E-state index in [1.807, 2.05) is 37.4 Å². The molecule has 1 unspecified atom stereocenters. The fourth-order valence-electron chi connectivity index (χ4n) is 2.74. The number of benzene rings is 1. The van der Waals surface area contributed by atoms with Gasteiger partial charge in [-0.3, -0.25) is 9.59 Å². The van der Waals surface area contributed by atoms with Gasteiger partial charge in [0.25, 0.3) is 0 Å². The topological polar surface area (TPSA) is 78.1 Å². The van der Waals surface area contributed by atoms with Gasteiger partial charge in [-0.25, -0.2) is 4.98 Å². The van der Waals surface area contributed by atoms with Crippen molar-refractivity contribution in [2.45, 2.75) is 19.8 Å². The van der Waals surface area contributed by atoms with E-state index in [9.17, 15) is 9.59 Å². The Labute approximate surface area is 134 Å². The van der Waals surface area contributed by atoms with E-state index in [0.29, 0.717) is 19.5 Å². The third-order valence-corrected chi connectivity index (χ3v) is 4.08. The minimum absolute atomic E-state index is 0.00121. The molecule has 2 heterocycles. The molecule has 23 heavy (non-hydrogen) atoms. The highest BCUT2D eigenvalue weighted by molar-refractivity contribution is 6.00. The van der Waals surface area contributed by atoms with Crippen molar-refractivity contribution in [2.24, 2.45) is 5.92 Å². The quantitative estimate of drug-likeness (QED) is 0.876. The number of aromatic amines is 1. The minimum atomic E-state index is -0.289. The number of anilines is 1. The van der Waals surface area contributed by atoms with E-state index in [0.717, 1.165) is 16.9 Å². The summed E-state index contributed by atoms with van der Waals surface area (Å²) in [5.74, 6) is -0.354. The predicted molar refractivity (Wildman–Crippen MR) is 86.9 cm³/mol. The summed E-state index contributed by atoms with van der Waals surface area (Å²) in [4.78, 5) is 33.1. The van der Waals surface area contributed by atoms with Crippen molar-refractivity contribution in [3.8, 4) is 0 Å². The molecule has 1 aliphatic heterocycles. The van der Waals surface area contributed by atoms with Crippen molar-refractivity contribution in [3.63, 3.8) is 0 Å². The fourth-order valence-corrected chi connectivity index (χ4v) is 2.74. The van der Waals surface area contributed by atoms with Crippen LogP contribution in [-0.2, 0) is 16.0 Å². The van der Waals surface area contributed by atoms with E-state index in [2.05, 4.69) is 15.3 Å². The lowest BCUT2D eigenvalue weighted by atomic mass is 10.1. The van der Waals surface area contributed by atoms with Crippen molar-refractivity contribution >= 4 is 17.5 Å². The van der Waals surface area contributed by atoms with Gasteiger partial charge in [0.1, 0.15) is 0 Å². The SMILES string of the molecule is Cc1ccc(N2CC(C(=O)NCCc3c[nH]cn3)CC2=O)cc1. The summed E-state index contributed by atoms with van der Waals surface area (Å²) < 4.78 is 0. The molecule has 2 N–H and O–H groups in total. The number of H-pyrrole nitrogens is 1. The molecule has 1 aliphatic rings. The Balaban J connectivity index is 1.54. The Morgan fingerprint density at radius 3 is 2.87 bits per heavy atom. The molecular weight excluding hydrogens is 292 g/mol. The first kappa shape index (κ1) is 15.3. The molecule has 1 saturated heterocycles. The van der Waals surface area contributed by atoms with Crippen molar-refractivity contribution < 1.29 is 9.59 Å². The van der Waals surface area contributed by atoms with Crippen LogP contribution in [0.15, 0.2) is 36.8 Å². The van der Waals surface area contributed by atoms with Gasteiger partial charge in [-0.1, -0.05) is 17.7 Å². The van der Waals surface area contributed by atoms with Crippen molar-refractivity contribution in [1.82, 2.24) is 15.3 Å². The second-order valence-electron chi connectivity index (χ2n) is 5.84. The Morgan fingerprint density at radius 1 is 1.39 bits per heavy atom. The second-order valence-corrected chi connectivity index (χ2v) is 5.84. The molecule has 1 fully saturated rings. The zero-order valence-electron chi connectivity index (χ0n) is 13.1. The number of aryl methyl sites for hydroxylation is 1. The lowest BCUT2D eigenvalue weighted by Crippen LogP contribution is -2.34. The highest BCUT2D eigenvalue weighted by Crippen LogP contribution is 2.25. The lowest BCUT2D eigenvalue weighted by Gasteiger charge is -2.17. The average molecular weight is 312 g/mol. The first-order valence-electron chi connectivity index (χ1n) is 7.76. The average Bonchev–Trinajstić information content (AvgIpc) is 3.18. The third kappa shape index (κ3) is 3.59. The first-order valence-corrected chi connectivity index (χ1v) is 7.76. The summed E-state index contributed by atoms with van der Waals surface area (Å²) >= 11 is 0. The number of hydrogen-bond acceptors (Lipinski definition) is 3. The smallest absolute Gasteiger partial charge is 0.227 e. The molecule has 6 nitrogen and oxygen atoms in total. The third-order valence-electron chi connectivity index (χ3n) is 4.08. The molecule has 0 bridgehead atoms. The van der Waals surface area contributed by atoms with Crippen molar-refractivity contribution in [2.75, 3.05) is 18.0 Å². The predicted octanol–water partition coefficient (Wildman–Crippen LogP) is 1.43. The van der Waals surface area contributed by atoms with Gasteiger partial charge >= 0.3 is 0 Å². The molecule has 3 rings (SSSR count). The number of carbonyl (C=O) groups is 2. The van der Waals surface area contributed by atoms with Crippen LogP contribution in [0.4, 0.5) is 5.69 Å². The van der Waals surface area contributed by atoms with E-state index in [4.69, 9.17) is 0 Å². The number of nitrogens with zero attached hydrogens (tertiary/aromatic N) is 2. The monoisotopic (exact) mass is 312 g/mol. The van der Waals surface area contributed by atoms with Crippen LogP contribution in [0.5, 0.6) is 0 Å². The van der Waals surface area contributed by atoms with Crippen molar-refractivity contribution in [1.29, 1.82) is 0 Å². The molecule has 6 heteroatoms. The second kappa shape index (κ2) is 6.64. The maximum absolute atomic E-state index is 12.2. The zero-order chi connectivity index (χ0) is 16.2. The Kier molecular flexibility index (Phi) is 4.41. The van der Waals surface area contributed by atoms with Crippen LogP contribution >= 0.6 is 0 Å². The number of imidazole rings is 1. The van der Waals surface area contributed by atoms with Gasteiger partial charge in [-0.2, -0.15) is 0 Å². The van der Waals surface area contributed by atoms with Crippen LogP contribution < -0.4 is 10.2 Å². The summed E-state index contributed by atoms with van der Waals surface area (Å²) in [6.45, 7) is 2.97. The molecular formula is C17H20N4O2. The number of hydrogen-bond donors (Lipinski definition) is 2. The summed E-state index contributed by atoms with van der Waals surface area (Å²) in [6, 6.07) is 7.79. The number of rotatable bonds is 5. The van der Waals surface area contributed by atoms with E-state index in [-0.39, 0.29) is 24.2 Å². The number of nitrogens with one attached hydrogen (secondary N) is 2. The van der Waals surface area contributed by atoms with Gasteiger partial charge < -0.3 is 15.2 Å². The summed E-state index contributed by atoms with van der Waals surface area (Å²) in [5.41, 5.74) is 2.91.